The molecule has 4 nitrogen and oxygen atoms in total. The Balaban J connectivity index is 2.04. The Labute approximate surface area is 187 Å². The maximum atomic E-state index is 12.5. The molecule has 3 atom stereocenters. The summed E-state index contributed by atoms with van der Waals surface area (Å²) in [6.07, 6.45) is 0.780. The lowest BCUT2D eigenvalue weighted by Crippen LogP contribution is -2.67. The number of benzene rings is 2. The van der Waals surface area contributed by atoms with Gasteiger partial charge in [-0.3, -0.25) is 9.59 Å². The van der Waals surface area contributed by atoms with Crippen LogP contribution in [-0.4, -0.2) is 43.6 Å². The van der Waals surface area contributed by atoms with Crippen LogP contribution in [0.5, 0.6) is 0 Å². The maximum Gasteiger partial charge on any atom is 0.261 e. The molecule has 1 aliphatic rings. The molecule has 31 heavy (non-hydrogen) atoms. The van der Waals surface area contributed by atoms with Crippen LogP contribution in [0, 0.1) is 5.92 Å². The lowest BCUT2D eigenvalue weighted by atomic mass is 9.99. The highest BCUT2D eigenvalue weighted by Gasteiger charge is 2.51. The van der Waals surface area contributed by atoms with Crippen molar-refractivity contribution in [3.8, 4) is 0 Å². The lowest BCUT2D eigenvalue weighted by molar-refractivity contribution is -0.138. The first kappa shape index (κ1) is 23.4. The largest absolute Gasteiger partial charge is 0.405 e. The fourth-order valence-corrected chi connectivity index (χ4v) is 9.95. The van der Waals surface area contributed by atoms with E-state index in [0.29, 0.717) is 6.61 Å². The fourth-order valence-electron chi connectivity index (χ4n) is 5.35. The number of amides is 1. The predicted octanol–water partition coefficient (Wildman–Crippen LogP) is 3.78. The number of carbonyl (C=O) groups is 2. The summed E-state index contributed by atoms with van der Waals surface area (Å²) in [4.78, 5) is 26.6. The van der Waals surface area contributed by atoms with Gasteiger partial charge in [-0.15, -0.1) is 0 Å². The minimum absolute atomic E-state index is 0.0515. The summed E-state index contributed by atoms with van der Waals surface area (Å²) in [6.45, 7) is 12.4. The molecular weight excluding hydrogens is 402 g/mol. The van der Waals surface area contributed by atoms with Crippen LogP contribution in [0.4, 0.5) is 0 Å². The number of Topliss-reactive ketones (excluding diaryl/α,β-unsaturated/α-hetero) is 1. The molecule has 2 aromatic carbocycles. The van der Waals surface area contributed by atoms with Gasteiger partial charge in [-0.25, -0.2) is 0 Å². The van der Waals surface area contributed by atoms with Crippen LogP contribution in [0.2, 0.25) is 5.04 Å². The van der Waals surface area contributed by atoms with Crippen LogP contribution < -0.4 is 10.4 Å². The second-order valence-corrected chi connectivity index (χ2v) is 14.1. The molecule has 0 radical (unpaired) electrons. The zero-order valence-electron chi connectivity index (χ0n) is 19.6. The number of hydrogen-bond donors (Lipinski definition) is 0. The van der Waals surface area contributed by atoms with Crippen molar-refractivity contribution in [1.82, 2.24) is 4.90 Å². The van der Waals surface area contributed by atoms with Gasteiger partial charge in [0.05, 0.1) is 18.7 Å². The van der Waals surface area contributed by atoms with Crippen LogP contribution in [0.3, 0.4) is 0 Å². The number of carbonyl (C=O) groups excluding carboxylic acids is 2. The Bertz CT molecular complexity index is 868. The number of likely N-dealkylation sites (tertiary alicyclic amines) is 1. The third-order valence-corrected chi connectivity index (χ3v) is 11.6. The van der Waals surface area contributed by atoms with E-state index in [4.69, 9.17) is 4.43 Å². The molecule has 0 N–H and O–H groups in total. The highest BCUT2D eigenvalue weighted by Crippen LogP contribution is 2.38. The molecule has 1 saturated heterocycles. The van der Waals surface area contributed by atoms with Gasteiger partial charge < -0.3 is 9.33 Å². The maximum absolute atomic E-state index is 12.5. The zero-order chi connectivity index (χ0) is 22.8. The second-order valence-electron chi connectivity index (χ2n) is 9.82. The first-order valence-corrected chi connectivity index (χ1v) is 13.0. The van der Waals surface area contributed by atoms with E-state index < -0.39 is 8.32 Å². The van der Waals surface area contributed by atoms with Gasteiger partial charge >= 0.3 is 0 Å². The highest BCUT2D eigenvalue weighted by atomic mass is 28.4. The molecule has 1 fully saturated rings. The second kappa shape index (κ2) is 9.09. The van der Waals surface area contributed by atoms with Crippen LogP contribution >= 0.6 is 0 Å². The van der Waals surface area contributed by atoms with Crippen molar-refractivity contribution in [2.75, 3.05) is 6.61 Å². The Morgan fingerprint density at radius 3 is 1.84 bits per heavy atom. The standard InChI is InChI=1S/C26H35NO3Si/c1-19-17-22(27(21(3)29)25(19)20(2)28)18-30-31(26(4,5)6,23-13-9-7-10-14-23)24-15-11-8-12-16-24/h7-16,19,22,25H,17-18H2,1-6H3/t19-,22-,25+/m0/s1. The van der Waals surface area contributed by atoms with Crippen molar-refractivity contribution in [2.45, 2.75) is 65.1 Å². The first-order valence-electron chi connectivity index (χ1n) is 11.1. The van der Waals surface area contributed by atoms with Crippen LogP contribution in [0.15, 0.2) is 60.7 Å². The molecule has 1 amide bonds. The van der Waals surface area contributed by atoms with Crippen molar-refractivity contribution in [3.05, 3.63) is 60.7 Å². The smallest absolute Gasteiger partial charge is 0.261 e. The molecule has 166 valence electrons. The monoisotopic (exact) mass is 437 g/mol. The summed E-state index contributed by atoms with van der Waals surface area (Å²) >= 11 is 0. The summed E-state index contributed by atoms with van der Waals surface area (Å²) in [7, 11) is -2.68. The lowest BCUT2D eigenvalue weighted by Gasteiger charge is -2.44. The van der Waals surface area contributed by atoms with Crippen molar-refractivity contribution >= 4 is 30.4 Å². The van der Waals surface area contributed by atoms with Crippen molar-refractivity contribution in [1.29, 1.82) is 0 Å². The zero-order valence-corrected chi connectivity index (χ0v) is 20.6. The van der Waals surface area contributed by atoms with E-state index >= 15 is 0 Å². The van der Waals surface area contributed by atoms with Crippen molar-refractivity contribution in [2.24, 2.45) is 5.92 Å². The molecule has 0 aromatic heterocycles. The molecule has 2 aromatic rings. The van der Waals surface area contributed by atoms with Gasteiger partial charge in [0.15, 0.2) is 5.78 Å². The van der Waals surface area contributed by atoms with Crippen molar-refractivity contribution < 1.29 is 14.0 Å². The first-order chi connectivity index (χ1) is 14.6. The van der Waals surface area contributed by atoms with E-state index in [2.05, 4.69) is 76.2 Å². The number of hydrogen-bond acceptors (Lipinski definition) is 3. The van der Waals surface area contributed by atoms with Gasteiger partial charge in [-0.1, -0.05) is 88.4 Å². The van der Waals surface area contributed by atoms with E-state index in [1.165, 1.54) is 10.4 Å². The van der Waals surface area contributed by atoms with E-state index in [0.717, 1.165) is 6.42 Å². The van der Waals surface area contributed by atoms with Crippen LogP contribution in [0.25, 0.3) is 0 Å². The molecule has 1 heterocycles. The molecule has 0 bridgehead atoms. The van der Waals surface area contributed by atoms with Gasteiger partial charge in [-0.05, 0) is 34.7 Å². The SMILES string of the molecule is CC(=O)[C@H]1[C@@H](C)C[C@@H](CO[Si](c2ccccc2)(c2ccccc2)C(C)(C)C)N1C(C)=O. The quantitative estimate of drug-likeness (QED) is 0.646. The van der Waals surface area contributed by atoms with Crippen LogP contribution in [0.1, 0.15) is 48.0 Å². The van der Waals surface area contributed by atoms with E-state index in [1.807, 2.05) is 12.1 Å². The normalized spacial score (nSPS) is 21.9. The summed E-state index contributed by atoms with van der Waals surface area (Å²) in [5.74, 6) is 0.130. The van der Waals surface area contributed by atoms with E-state index in [9.17, 15) is 9.59 Å². The predicted molar refractivity (Wildman–Crippen MR) is 128 cm³/mol. The Morgan fingerprint density at radius 1 is 0.968 bits per heavy atom. The van der Waals surface area contributed by atoms with Gasteiger partial charge in [0.1, 0.15) is 0 Å². The molecule has 1 aliphatic heterocycles. The molecule has 3 rings (SSSR count). The molecule has 0 aliphatic carbocycles. The van der Waals surface area contributed by atoms with Gasteiger partial charge in [0.2, 0.25) is 5.91 Å². The topological polar surface area (TPSA) is 46.6 Å². The minimum Gasteiger partial charge on any atom is -0.405 e. The summed E-state index contributed by atoms with van der Waals surface area (Å²) in [6, 6.07) is 20.6. The fraction of sp³-hybridized carbons (Fsp3) is 0.462. The molecular formula is C26H35NO3Si. The average molecular weight is 438 g/mol. The Kier molecular flexibility index (Phi) is 6.87. The van der Waals surface area contributed by atoms with Gasteiger partial charge in [0, 0.05) is 6.92 Å². The third-order valence-electron chi connectivity index (χ3n) is 6.57. The summed E-state index contributed by atoms with van der Waals surface area (Å²) in [5.41, 5.74) is 0. The average Bonchev–Trinajstić information content (AvgIpc) is 3.06. The van der Waals surface area contributed by atoms with Crippen LogP contribution in [-0.2, 0) is 14.0 Å². The molecule has 0 spiro atoms. The molecule has 0 saturated carbocycles. The number of ketones is 1. The van der Waals surface area contributed by atoms with Crippen molar-refractivity contribution in [3.63, 3.8) is 0 Å². The summed E-state index contributed by atoms with van der Waals surface area (Å²) in [5, 5.41) is 2.32. The Hall–Kier alpha value is -2.24. The van der Waals surface area contributed by atoms with E-state index in [1.54, 1.807) is 18.7 Å². The molecule has 0 unspecified atom stereocenters. The minimum atomic E-state index is -2.68. The van der Waals surface area contributed by atoms with E-state index in [-0.39, 0.29) is 34.7 Å². The van der Waals surface area contributed by atoms with Gasteiger partial charge in [0.25, 0.3) is 8.32 Å². The third kappa shape index (κ3) is 4.39. The summed E-state index contributed by atoms with van der Waals surface area (Å²) < 4.78 is 7.04. The van der Waals surface area contributed by atoms with Gasteiger partial charge in [-0.2, -0.15) is 0 Å². The highest BCUT2D eigenvalue weighted by molar-refractivity contribution is 6.99. The number of rotatable bonds is 6. The molecule has 5 heteroatoms. The Morgan fingerprint density at radius 2 is 1.45 bits per heavy atom. The number of nitrogens with zero attached hydrogens (tertiary/aromatic N) is 1.